The molecule has 7 nitrogen and oxygen atoms in total. The van der Waals surface area contributed by atoms with E-state index in [0.29, 0.717) is 11.4 Å². The number of rotatable bonds is 7. The lowest BCUT2D eigenvalue weighted by Gasteiger charge is -2.11. The highest BCUT2D eigenvalue weighted by atomic mass is 16.6. The second-order valence-corrected chi connectivity index (χ2v) is 4.98. The molecule has 0 fully saturated rings. The molecule has 0 unspecified atom stereocenters. The lowest BCUT2D eigenvalue weighted by molar-refractivity contribution is -0.384. The van der Waals surface area contributed by atoms with Gasteiger partial charge in [0, 0.05) is 6.07 Å². The number of nitro benzene ring substituents is 1. The highest BCUT2D eigenvalue weighted by Crippen LogP contribution is 2.28. The van der Waals surface area contributed by atoms with E-state index in [1.165, 1.54) is 25.3 Å². The van der Waals surface area contributed by atoms with Crippen LogP contribution in [0.25, 0.3) is 0 Å². The van der Waals surface area contributed by atoms with Gasteiger partial charge in [-0.3, -0.25) is 14.9 Å². The first kappa shape index (κ1) is 17.3. The Hall–Kier alpha value is -3.09. The Morgan fingerprint density at radius 2 is 2.04 bits per heavy atom. The minimum Gasteiger partial charge on any atom is -0.494 e. The quantitative estimate of drug-likeness (QED) is 0.622. The van der Waals surface area contributed by atoms with Crippen LogP contribution in [0.1, 0.15) is 12.5 Å². The van der Waals surface area contributed by atoms with E-state index in [1.807, 2.05) is 25.1 Å². The van der Waals surface area contributed by atoms with E-state index in [0.717, 1.165) is 12.0 Å². The van der Waals surface area contributed by atoms with Gasteiger partial charge in [-0.15, -0.1) is 0 Å². The van der Waals surface area contributed by atoms with Crippen molar-refractivity contribution in [1.29, 1.82) is 0 Å². The van der Waals surface area contributed by atoms with E-state index < -0.39 is 4.92 Å². The molecule has 24 heavy (non-hydrogen) atoms. The molecule has 126 valence electrons. The average Bonchev–Trinajstić information content (AvgIpc) is 2.60. The van der Waals surface area contributed by atoms with E-state index in [1.54, 1.807) is 6.07 Å². The van der Waals surface area contributed by atoms with Crippen molar-refractivity contribution in [3.8, 4) is 11.5 Å². The van der Waals surface area contributed by atoms with Gasteiger partial charge in [0.15, 0.2) is 6.61 Å². The predicted molar refractivity (Wildman–Crippen MR) is 89.6 cm³/mol. The maximum absolute atomic E-state index is 12.0. The molecule has 0 atom stereocenters. The Balaban J connectivity index is 2.00. The van der Waals surface area contributed by atoms with Crippen LogP contribution in [0, 0.1) is 10.1 Å². The van der Waals surface area contributed by atoms with Crippen LogP contribution in [0.2, 0.25) is 0 Å². The number of benzene rings is 2. The maximum Gasteiger partial charge on any atom is 0.273 e. The maximum atomic E-state index is 12.0. The number of aryl methyl sites for hydroxylation is 1. The molecule has 0 aliphatic carbocycles. The summed E-state index contributed by atoms with van der Waals surface area (Å²) in [6.07, 6.45) is 0.878. The standard InChI is InChI=1S/C17H18N2O5/c1-3-12-5-4-6-14(9-12)24-11-17(20)18-15-8-7-13(19(21)22)10-16(15)23-2/h4-10H,3,11H2,1-2H3,(H,18,20). The molecule has 2 rings (SSSR count). The van der Waals surface area contributed by atoms with Crippen LogP contribution < -0.4 is 14.8 Å². The Morgan fingerprint density at radius 3 is 2.71 bits per heavy atom. The van der Waals surface area contributed by atoms with Crippen molar-refractivity contribution >= 4 is 17.3 Å². The van der Waals surface area contributed by atoms with Gasteiger partial charge >= 0.3 is 0 Å². The Morgan fingerprint density at radius 1 is 1.25 bits per heavy atom. The predicted octanol–water partition coefficient (Wildman–Crippen LogP) is 3.18. The van der Waals surface area contributed by atoms with Gasteiger partial charge in [0.25, 0.3) is 11.6 Å². The third-order valence-electron chi connectivity index (χ3n) is 3.35. The molecule has 1 N–H and O–H groups in total. The summed E-state index contributed by atoms with van der Waals surface area (Å²) < 4.78 is 10.5. The monoisotopic (exact) mass is 330 g/mol. The normalized spacial score (nSPS) is 10.1. The molecule has 0 aliphatic rings. The minimum atomic E-state index is -0.530. The second-order valence-electron chi connectivity index (χ2n) is 4.98. The second kappa shape index (κ2) is 7.96. The average molecular weight is 330 g/mol. The van der Waals surface area contributed by atoms with Crippen LogP contribution in [0.15, 0.2) is 42.5 Å². The van der Waals surface area contributed by atoms with Crippen molar-refractivity contribution in [2.45, 2.75) is 13.3 Å². The lowest BCUT2D eigenvalue weighted by atomic mass is 10.2. The van der Waals surface area contributed by atoms with E-state index in [-0.39, 0.29) is 24.0 Å². The largest absolute Gasteiger partial charge is 0.494 e. The molecule has 0 saturated heterocycles. The van der Waals surface area contributed by atoms with Crippen LogP contribution in [0.3, 0.4) is 0 Å². The summed E-state index contributed by atoms with van der Waals surface area (Å²) in [5.41, 5.74) is 1.35. The number of carbonyl (C=O) groups is 1. The van der Waals surface area contributed by atoms with Gasteiger partial charge in [0.2, 0.25) is 0 Å². The van der Waals surface area contributed by atoms with Crippen molar-refractivity contribution in [2.75, 3.05) is 19.0 Å². The number of amides is 1. The third kappa shape index (κ3) is 4.45. The molecule has 1 amide bonds. The van der Waals surface area contributed by atoms with Crippen LogP contribution in [-0.2, 0) is 11.2 Å². The van der Waals surface area contributed by atoms with Crippen molar-refractivity contribution in [1.82, 2.24) is 0 Å². The molecule has 0 radical (unpaired) electrons. The smallest absolute Gasteiger partial charge is 0.273 e. The summed E-state index contributed by atoms with van der Waals surface area (Å²) in [5.74, 6) is 0.440. The number of ether oxygens (including phenoxy) is 2. The van der Waals surface area contributed by atoms with Gasteiger partial charge in [0.1, 0.15) is 11.5 Å². The Labute approximate surface area is 139 Å². The molecule has 2 aromatic carbocycles. The SMILES string of the molecule is CCc1cccc(OCC(=O)Nc2ccc([N+](=O)[O-])cc2OC)c1. The fourth-order valence-corrected chi connectivity index (χ4v) is 2.09. The van der Waals surface area contributed by atoms with Gasteiger partial charge in [-0.1, -0.05) is 19.1 Å². The fourth-order valence-electron chi connectivity index (χ4n) is 2.09. The van der Waals surface area contributed by atoms with E-state index in [4.69, 9.17) is 9.47 Å². The number of nitro groups is 1. The summed E-state index contributed by atoms with van der Waals surface area (Å²) in [6.45, 7) is 1.86. The van der Waals surface area contributed by atoms with Crippen LogP contribution in [-0.4, -0.2) is 24.5 Å². The van der Waals surface area contributed by atoms with E-state index in [2.05, 4.69) is 5.32 Å². The number of carbonyl (C=O) groups excluding carboxylic acids is 1. The molecule has 0 aliphatic heterocycles. The number of anilines is 1. The molecular weight excluding hydrogens is 312 g/mol. The lowest BCUT2D eigenvalue weighted by Crippen LogP contribution is -2.20. The molecule has 0 bridgehead atoms. The molecule has 0 saturated carbocycles. The van der Waals surface area contributed by atoms with Crippen LogP contribution in [0.5, 0.6) is 11.5 Å². The summed E-state index contributed by atoms with van der Waals surface area (Å²) >= 11 is 0. The fraction of sp³-hybridized carbons (Fsp3) is 0.235. The van der Waals surface area contributed by atoms with Crippen molar-refractivity contribution < 1.29 is 19.2 Å². The van der Waals surface area contributed by atoms with Gasteiger partial charge in [0.05, 0.1) is 23.8 Å². The van der Waals surface area contributed by atoms with Crippen molar-refractivity contribution in [3.05, 3.63) is 58.1 Å². The zero-order valence-electron chi connectivity index (χ0n) is 13.4. The minimum absolute atomic E-state index is 0.113. The highest BCUT2D eigenvalue weighted by molar-refractivity contribution is 5.93. The number of nitrogens with zero attached hydrogens (tertiary/aromatic N) is 1. The number of hydrogen-bond donors (Lipinski definition) is 1. The Kier molecular flexibility index (Phi) is 5.73. The first-order valence-electron chi connectivity index (χ1n) is 7.37. The first-order chi connectivity index (χ1) is 11.5. The van der Waals surface area contributed by atoms with Gasteiger partial charge in [-0.05, 0) is 30.2 Å². The zero-order chi connectivity index (χ0) is 17.5. The summed E-state index contributed by atoms with van der Waals surface area (Å²) in [4.78, 5) is 22.2. The zero-order valence-corrected chi connectivity index (χ0v) is 13.4. The molecule has 2 aromatic rings. The molecular formula is C17H18N2O5. The third-order valence-corrected chi connectivity index (χ3v) is 3.35. The van der Waals surface area contributed by atoms with E-state index in [9.17, 15) is 14.9 Å². The van der Waals surface area contributed by atoms with Crippen molar-refractivity contribution in [3.63, 3.8) is 0 Å². The number of nitrogens with one attached hydrogen (secondary N) is 1. The van der Waals surface area contributed by atoms with Crippen molar-refractivity contribution in [2.24, 2.45) is 0 Å². The topological polar surface area (TPSA) is 90.7 Å². The Bertz CT molecular complexity index is 746. The first-order valence-corrected chi connectivity index (χ1v) is 7.37. The highest BCUT2D eigenvalue weighted by Gasteiger charge is 2.13. The number of hydrogen-bond acceptors (Lipinski definition) is 5. The van der Waals surface area contributed by atoms with Gasteiger partial charge in [-0.2, -0.15) is 0 Å². The van der Waals surface area contributed by atoms with Crippen LogP contribution in [0.4, 0.5) is 11.4 Å². The molecule has 0 spiro atoms. The number of methoxy groups -OCH3 is 1. The van der Waals surface area contributed by atoms with Crippen LogP contribution >= 0.6 is 0 Å². The van der Waals surface area contributed by atoms with E-state index >= 15 is 0 Å². The number of non-ortho nitro benzene ring substituents is 1. The van der Waals surface area contributed by atoms with Gasteiger partial charge < -0.3 is 14.8 Å². The summed E-state index contributed by atoms with van der Waals surface area (Å²) in [7, 11) is 1.38. The van der Waals surface area contributed by atoms with Gasteiger partial charge in [-0.25, -0.2) is 0 Å². The molecule has 0 aromatic heterocycles. The molecule has 0 heterocycles. The summed E-state index contributed by atoms with van der Waals surface area (Å²) in [5, 5.41) is 13.4. The summed E-state index contributed by atoms with van der Waals surface area (Å²) in [6, 6.07) is 11.5. The molecule has 7 heteroatoms.